The van der Waals surface area contributed by atoms with Gasteiger partial charge in [-0.05, 0) is 70.7 Å². The second-order valence-electron chi connectivity index (χ2n) is 9.77. The number of aryl methyl sites for hydroxylation is 1. The van der Waals surface area contributed by atoms with Crippen LogP contribution in [0.5, 0.6) is 0 Å². The zero-order chi connectivity index (χ0) is 28.3. The predicted molar refractivity (Wildman–Crippen MR) is 148 cm³/mol. The highest BCUT2D eigenvalue weighted by Crippen LogP contribution is 2.21. The van der Waals surface area contributed by atoms with Crippen LogP contribution < -0.4 is 27.4 Å². The third-order valence-electron chi connectivity index (χ3n) is 5.21. The van der Waals surface area contributed by atoms with Gasteiger partial charge in [0.15, 0.2) is 0 Å². The van der Waals surface area contributed by atoms with Gasteiger partial charge in [0.1, 0.15) is 16.4 Å². The van der Waals surface area contributed by atoms with Crippen molar-refractivity contribution in [3.8, 4) is 0 Å². The number of amides is 2. The maximum atomic E-state index is 14.4. The molecule has 0 bridgehead atoms. The molecule has 0 aliphatic heterocycles. The van der Waals surface area contributed by atoms with Crippen molar-refractivity contribution in [2.24, 2.45) is 11.5 Å². The van der Waals surface area contributed by atoms with Crippen LogP contribution in [0.15, 0.2) is 41.9 Å². The molecule has 0 radical (unpaired) electrons. The summed E-state index contributed by atoms with van der Waals surface area (Å²) in [6, 6.07) is 3.73. The van der Waals surface area contributed by atoms with Crippen LogP contribution in [0.1, 0.15) is 69.1 Å². The fraction of sp³-hybridized carbons (Fsp3) is 0.462. The average molecular weight is 548 g/mol. The van der Waals surface area contributed by atoms with Crippen LogP contribution in [-0.4, -0.2) is 34.8 Å². The number of hydrogen-bond acceptors (Lipinski definition) is 9. The van der Waals surface area contributed by atoms with E-state index < -0.39 is 23.6 Å². The summed E-state index contributed by atoms with van der Waals surface area (Å²) in [5, 5.41) is 17.6. The number of anilines is 1. The van der Waals surface area contributed by atoms with E-state index in [-0.39, 0.29) is 17.9 Å². The lowest BCUT2D eigenvalue weighted by Crippen LogP contribution is -2.34. The summed E-state index contributed by atoms with van der Waals surface area (Å²) in [5.74, 6) is -0.242. The number of benzene rings is 1. The van der Waals surface area contributed by atoms with Crippen molar-refractivity contribution in [2.75, 3.05) is 12.4 Å². The first-order valence-corrected chi connectivity index (χ1v) is 13.2. The van der Waals surface area contributed by atoms with Gasteiger partial charge >= 0.3 is 6.09 Å². The Bertz CT molecular complexity index is 1160. The van der Waals surface area contributed by atoms with Gasteiger partial charge in [-0.15, -0.1) is 10.2 Å². The number of carbonyl (C=O) groups is 2. The first-order valence-electron chi connectivity index (χ1n) is 12.4. The maximum Gasteiger partial charge on any atom is 0.408 e. The molecule has 1 atom stereocenters. The minimum absolute atomic E-state index is 0.0134. The van der Waals surface area contributed by atoms with Crippen LogP contribution in [-0.2, 0) is 22.4 Å². The summed E-state index contributed by atoms with van der Waals surface area (Å²) in [6.45, 7) is 6.89. The Kier molecular flexibility index (Phi) is 11.5. The number of hydrogen-bond donors (Lipinski definition) is 5. The van der Waals surface area contributed by atoms with Crippen LogP contribution >= 0.6 is 11.3 Å². The molecule has 208 valence electrons. The Balaban J connectivity index is 1.85. The Labute approximate surface area is 227 Å². The Hall–Kier alpha value is -3.67. The highest BCUT2D eigenvalue weighted by atomic mass is 32.1. The minimum Gasteiger partial charge on any atom is -0.444 e. The molecule has 1 aromatic carbocycles. The number of aromatic nitrogens is 2. The number of nitrogens with one attached hydrogen (secondary N) is 3. The Morgan fingerprint density at radius 1 is 1.18 bits per heavy atom. The second kappa shape index (κ2) is 14.3. The van der Waals surface area contributed by atoms with Gasteiger partial charge < -0.3 is 32.2 Å². The monoisotopic (exact) mass is 547 g/mol. The lowest BCUT2D eigenvalue weighted by Gasteiger charge is -2.22. The Morgan fingerprint density at radius 3 is 2.61 bits per heavy atom. The molecule has 0 saturated carbocycles. The summed E-state index contributed by atoms with van der Waals surface area (Å²) in [7, 11) is 1.74. The molecular weight excluding hydrogens is 509 g/mol. The van der Waals surface area contributed by atoms with Crippen molar-refractivity contribution in [3.63, 3.8) is 0 Å². The summed E-state index contributed by atoms with van der Waals surface area (Å²) in [4.78, 5) is 24.6. The summed E-state index contributed by atoms with van der Waals surface area (Å²) >= 11 is 1.31. The number of unbranched alkanes of at least 4 members (excludes halogenated alkanes) is 1. The topological polar surface area (TPSA) is 157 Å². The highest BCUT2D eigenvalue weighted by Gasteiger charge is 2.20. The molecule has 1 heterocycles. The lowest BCUT2D eigenvalue weighted by molar-refractivity contribution is -0.115. The van der Waals surface area contributed by atoms with E-state index in [0.717, 1.165) is 36.4 Å². The molecule has 2 amide bonds. The zero-order valence-corrected chi connectivity index (χ0v) is 23.4. The largest absolute Gasteiger partial charge is 0.444 e. The number of halogens is 1. The molecule has 0 saturated heterocycles. The zero-order valence-electron chi connectivity index (χ0n) is 22.6. The van der Waals surface area contributed by atoms with Crippen molar-refractivity contribution >= 4 is 28.5 Å². The van der Waals surface area contributed by atoms with Gasteiger partial charge in [-0.25, -0.2) is 9.18 Å². The smallest absolute Gasteiger partial charge is 0.408 e. The number of rotatable bonds is 12. The van der Waals surface area contributed by atoms with Crippen molar-refractivity contribution in [1.82, 2.24) is 20.8 Å². The molecule has 1 aromatic heterocycles. The molecule has 0 spiro atoms. The molecule has 2 aromatic rings. The van der Waals surface area contributed by atoms with Crippen LogP contribution in [0.2, 0.25) is 0 Å². The van der Waals surface area contributed by atoms with E-state index >= 15 is 0 Å². The fourth-order valence-electron chi connectivity index (χ4n) is 3.32. The van der Waals surface area contributed by atoms with Crippen molar-refractivity contribution in [2.45, 2.75) is 71.4 Å². The quantitative estimate of drug-likeness (QED) is 0.197. The number of carbonyl (C=O) groups excluding carboxylic acids is 2. The van der Waals surface area contributed by atoms with Crippen LogP contribution in [0, 0.1) is 5.82 Å². The molecule has 0 aliphatic carbocycles. The van der Waals surface area contributed by atoms with Gasteiger partial charge in [-0.1, -0.05) is 23.5 Å². The van der Waals surface area contributed by atoms with E-state index in [0.29, 0.717) is 16.5 Å². The minimum atomic E-state index is -0.669. The van der Waals surface area contributed by atoms with E-state index in [4.69, 9.17) is 16.2 Å². The van der Waals surface area contributed by atoms with Crippen LogP contribution in [0.3, 0.4) is 0 Å². The van der Waals surface area contributed by atoms with Crippen molar-refractivity contribution in [1.29, 1.82) is 0 Å². The summed E-state index contributed by atoms with van der Waals surface area (Å²) < 4.78 is 19.7. The number of ether oxygens (including phenoxy) is 1. The normalized spacial score (nSPS) is 13.1. The van der Waals surface area contributed by atoms with Crippen molar-refractivity contribution in [3.05, 3.63) is 63.8 Å². The van der Waals surface area contributed by atoms with Gasteiger partial charge in [-0.2, -0.15) is 0 Å². The molecule has 38 heavy (non-hydrogen) atoms. The number of nitrogens with two attached hydrogens (primary N) is 2. The first-order chi connectivity index (χ1) is 17.9. The molecular formula is C26H38FN7O3S. The maximum absolute atomic E-state index is 14.4. The summed E-state index contributed by atoms with van der Waals surface area (Å²) in [6.07, 6.45) is 6.09. The molecule has 1 unspecified atom stereocenters. The van der Waals surface area contributed by atoms with E-state index in [2.05, 4.69) is 26.1 Å². The summed E-state index contributed by atoms with van der Waals surface area (Å²) in [5.41, 5.74) is 12.6. The Morgan fingerprint density at radius 2 is 1.92 bits per heavy atom. The predicted octanol–water partition coefficient (Wildman–Crippen LogP) is 4.02. The highest BCUT2D eigenvalue weighted by molar-refractivity contribution is 7.15. The van der Waals surface area contributed by atoms with Gasteiger partial charge in [0, 0.05) is 24.7 Å². The number of alkyl carbamates (subject to hydrolysis) is 1. The molecule has 0 fully saturated rings. The SMILES string of the molecule is CN/C(N)=C/C=C(\N)CCCCc1nnc(NC(=O)Cc2ccc(F)c(C(C)NC(=O)OC(C)(C)C)c2)s1. The molecule has 10 nitrogen and oxygen atoms in total. The van der Waals surface area contributed by atoms with Crippen molar-refractivity contribution < 1.29 is 18.7 Å². The second-order valence-corrected chi connectivity index (χ2v) is 10.8. The molecule has 2 rings (SSSR count). The first kappa shape index (κ1) is 30.6. The molecule has 0 aliphatic rings. The van der Waals surface area contributed by atoms with E-state index in [1.165, 1.54) is 23.5 Å². The number of nitrogens with zero attached hydrogens (tertiary/aromatic N) is 2. The number of allylic oxidation sites excluding steroid dienone is 3. The van der Waals surface area contributed by atoms with Crippen LogP contribution in [0.4, 0.5) is 14.3 Å². The van der Waals surface area contributed by atoms with Gasteiger partial charge in [0.25, 0.3) is 0 Å². The van der Waals surface area contributed by atoms with Gasteiger partial charge in [0.05, 0.1) is 18.3 Å². The third-order valence-corrected chi connectivity index (χ3v) is 6.11. The van der Waals surface area contributed by atoms with E-state index in [1.807, 2.05) is 0 Å². The molecule has 12 heteroatoms. The standard InChI is InChI=1S/C26H38FN7O3S/c1-16(31-25(36)37-26(2,3)4)19-14-17(10-12-20(19)27)15-22(35)32-24-34-33-23(38-24)9-7-6-8-18(28)11-13-21(29)30-5/h10-14,16,30H,6-9,15,28-29H2,1-5H3,(H,31,36)(H,32,34,35)/b18-11-,21-13+. The van der Waals surface area contributed by atoms with Crippen LogP contribution in [0.25, 0.3) is 0 Å². The van der Waals surface area contributed by atoms with E-state index in [1.54, 1.807) is 53.0 Å². The third kappa shape index (κ3) is 11.2. The molecule has 7 N–H and O–H groups in total. The lowest BCUT2D eigenvalue weighted by atomic mass is 10.0. The van der Waals surface area contributed by atoms with E-state index in [9.17, 15) is 14.0 Å². The fourth-order valence-corrected chi connectivity index (χ4v) is 4.12. The van der Waals surface area contributed by atoms with Gasteiger partial charge in [-0.3, -0.25) is 4.79 Å². The van der Waals surface area contributed by atoms with Gasteiger partial charge in [0.2, 0.25) is 11.0 Å². The average Bonchev–Trinajstić information content (AvgIpc) is 3.26.